The summed E-state index contributed by atoms with van der Waals surface area (Å²) in [4.78, 5) is 32.4. The molecule has 2 amide bonds. The van der Waals surface area contributed by atoms with Gasteiger partial charge in [-0.1, -0.05) is 0 Å². The molecule has 1 aliphatic carbocycles. The molecule has 2 aliphatic rings. The number of piperazine rings is 1. The molecule has 1 saturated heterocycles. The standard InChI is InChI=1S/C16H16FN5O2S/c17-9-16(3-4-16)22-6-5-21(14(23)15(22)24)8-11-1-2-12(20-19-11)13-7-18-10-25-13/h1-2,7,10H,3-6,8-9H2. The molecule has 0 radical (unpaired) electrons. The Labute approximate surface area is 147 Å². The summed E-state index contributed by atoms with van der Waals surface area (Å²) in [7, 11) is 0. The van der Waals surface area contributed by atoms with Gasteiger partial charge in [0.15, 0.2) is 0 Å². The average Bonchev–Trinajstić information content (AvgIpc) is 3.23. The molecule has 1 aliphatic heterocycles. The van der Waals surface area contributed by atoms with Crippen molar-refractivity contribution >= 4 is 23.2 Å². The van der Waals surface area contributed by atoms with E-state index in [0.29, 0.717) is 31.6 Å². The Kier molecular flexibility index (Phi) is 3.95. The van der Waals surface area contributed by atoms with Crippen LogP contribution in [-0.4, -0.2) is 62.1 Å². The fraction of sp³-hybridized carbons (Fsp3) is 0.438. The quantitative estimate of drug-likeness (QED) is 0.750. The molecule has 0 N–H and O–H groups in total. The van der Waals surface area contributed by atoms with Crippen molar-refractivity contribution in [3.8, 4) is 10.6 Å². The topological polar surface area (TPSA) is 79.3 Å². The van der Waals surface area contributed by atoms with Crippen molar-refractivity contribution in [2.45, 2.75) is 24.9 Å². The van der Waals surface area contributed by atoms with E-state index in [1.54, 1.807) is 17.8 Å². The summed E-state index contributed by atoms with van der Waals surface area (Å²) in [5, 5.41) is 8.28. The number of nitrogens with zero attached hydrogens (tertiary/aromatic N) is 5. The highest BCUT2D eigenvalue weighted by Gasteiger charge is 2.53. The van der Waals surface area contributed by atoms with Crippen LogP contribution in [0.1, 0.15) is 18.5 Å². The Morgan fingerprint density at radius 2 is 2.00 bits per heavy atom. The SMILES string of the molecule is O=C1C(=O)N(C2(CF)CC2)CCN1Cc1ccc(-c2cncs2)nn1. The van der Waals surface area contributed by atoms with E-state index < -0.39 is 24.0 Å². The van der Waals surface area contributed by atoms with Gasteiger partial charge in [-0.2, -0.15) is 5.10 Å². The van der Waals surface area contributed by atoms with Gasteiger partial charge in [-0.05, 0) is 25.0 Å². The first-order valence-corrected chi connectivity index (χ1v) is 8.89. The summed E-state index contributed by atoms with van der Waals surface area (Å²) in [6.07, 6.45) is 2.98. The third-order valence-corrected chi connectivity index (χ3v) is 5.51. The van der Waals surface area contributed by atoms with Crippen LogP contribution < -0.4 is 0 Å². The van der Waals surface area contributed by atoms with E-state index in [2.05, 4.69) is 15.2 Å². The Morgan fingerprint density at radius 3 is 2.60 bits per heavy atom. The molecule has 3 heterocycles. The number of alkyl halides is 1. The molecule has 25 heavy (non-hydrogen) atoms. The van der Waals surface area contributed by atoms with Crippen LogP contribution in [0.3, 0.4) is 0 Å². The van der Waals surface area contributed by atoms with Gasteiger partial charge in [-0.15, -0.1) is 16.4 Å². The van der Waals surface area contributed by atoms with Crippen molar-refractivity contribution in [2.75, 3.05) is 19.8 Å². The smallest absolute Gasteiger partial charge is 0.312 e. The number of carbonyl (C=O) groups is 2. The monoisotopic (exact) mass is 361 g/mol. The second kappa shape index (κ2) is 6.14. The fourth-order valence-electron chi connectivity index (χ4n) is 3.01. The van der Waals surface area contributed by atoms with E-state index in [9.17, 15) is 14.0 Å². The first-order chi connectivity index (χ1) is 12.1. The third-order valence-electron chi connectivity index (χ3n) is 4.71. The second-order valence-electron chi connectivity index (χ2n) is 6.32. The molecule has 2 aromatic rings. The normalized spacial score (nSPS) is 19.4. The second-order valence-corrected chi connectivity index (χ2v) is 7.20. The lowest BCUT2D eigenvalue weighted by Gasteiger charge is -2.37. The van der Waals surface area contributed by atoms with Crippen LogP contribution in [0.15, 0.2) is 23.8 Å². The number of rotatable bonds is 5. The lowest BCUT2D eigenvalue weighted by Crippen LogP contribution is -2.58. The van der Waals surface area contributed by atoms with Gasteiger partial charge >= 0.3 is 11.8 Å². The Hall–Kier alpha value is -2.42. The van der Waals surface area contributed by atoms with Gasteiger partial charge in [0.25, 0.3) is 0 Å². The van der Waals surface area contributed by atoms with Crippen molar-refractivity contribution in [1.82, 2.24) is 25.0 Å². The van der Waals surface area contributed by atoms with Gasteiger partial charge in [-0.3, -0.25) is 14.6 Å². The molecule has 2 aromatic heterocycles. The number of aromatic nitrogens is 3. The molecular formula is C16H16FN5O2S. The van der Waals surface area contributed by atoms with Crippen LogP contribution in [0.25, 0.3) is 10.6 Å². The Balaban J connectivity index is 1.43. The fourth-order valence-corrected chi connectivity index (χ4v) is 3.60. The molecular weight excluding hydrogens is 345 g/mol. The zero-order chi connectivity index (χ0) is 17.4. The van der Waals surface area contributed by atoms with Gasteiger partial charge in [0.2, 0.25) is 0 Å². The highest BCUT2D eigenvalue weighted by molar-refractivity contribution is 7.13. The summed E-state index contributed by atoms with van der Waals surface area (Å²) in [6, 6.07) is 3.61. The van der Waals surface area contributed by atoms with Gasteiger partial charge in [0, 0.05) is 19.3 Å². The first kappa shape index (κ1) is 16.1. The summed E-state index contributed by atoms with van der Waals surface area (Å²) < 4.78 is 13.2. The van der Waals surface area contributed by atoms with E-state index in [-0.39, 0.29) is 6.54 Å². The number of thiazole rings is 1. The Morgan fingerprint density at radius 1 is 1.16 bits per heavy atom. The van der Waals surface area contributed by atoms with Crippen molar-refractivity contribution < 1.29 is 14.0 Å². The van der Waals surface area contributed by atoms with Crippen LogP contribution >= 0.6 is 11.3 Å². The summed E-state index contributed by atoms with van der Waals surface area (Å²) in [6.45, 7) is 0.374. The minimum absolute atomic E-state index is 0.219. The van der Waals surface area contributed by atoms with E-state index in [0.717, 1.165) is 10.6 Å². The van der Waals surface area contributed by atoms with Crippen LogP contribution in [0.2, 0.25) is 0 Å². The predicted molar refractivity (Wildman–Crippen MR) is 88.2 cm³/mol. The maximum Gasteiger partial charge on any atom is 0.312 e. The highest BCUT2D eigenvalue weighted by Crippen LogP contribution is 2.42. The molecule has 1 saturated carbocycles. The molecule has 4 rings (SSSR count). The number of halogens is 1. The van der Waals surface area contributed by atoms with Crippen molar-refractivity contribution in [1.29, 1.82) is 0 Å². The van der Waals surface area contributed by atoms with Crippen molar-refractivity contribution in [2.24, 2.45) is 0 Å². The molecule has 0 bridgehead atoms. The first-order valence-electron chi connectivity index (χ1n) is 8.01. The number of hydrogen-bond acceptors (Lipinski definition) is 6. The summed E-state index contributed by atoms with van der Waals surface area (Å²) in [5.41, 5.74) is 2.32. The minimum atomic E-state index is -0.727. The molecule has 0 unspecified atom stereocenters. The van der Waals surface area contributed by atoms with Gasteiger partial charge in [0.1, 0.15) is 12.4 Å². The summed E-state index contributed by atoms with van der Waals surface area (Å²) >= 11 is 1.47. The molecule has 7 nitrogen and oxygen atoms in total. The van der Waals surface area contributed by atoms with Crippen LogP contribution in [-0.2, 0) is 16.1 Å². The Bertz CT molecular complexity index is 791. The van der Waals surface area contributed by atoms with Crippen LogP contribution in [0.4, 0.5) is 4.39 Å². The average molecular weight is 361 g/mol. The zero-order valence-electron chi connectivity index (χ0n) is 13.4. The van der Waals surface area contributed by atoms with Crippen molar-refractivity contribution in [3.05, 3.63) is 29.5 Å². The molecule has 9 heteroatoms. The van der Waals surface area contributed by atoms with E-state index in [4.69, 9.17) is 0 Å². The van der Waals surface area contributed by atoms with Crippen LogP contribution in [0, 0.1) is 0 Å². The molecule has 2 fully saturated rings. The largest absolute Gasteiger partial charge is 0.327 e. The maximum absolute atomic E-state index is 13.2. The molecule has 0 spiro atoms. The highest BCUT2D eigenvalue weighted by atomic mass is 32.1. The van der Waals surface area contributed by atoms with E-state index in [1.807, 2.05) is 6.07 Å². The van der Waals surface area contributed by atoms with Gasteiger partial charge in [0.05, 0.1) is 28.2 Å². The van der Waals surface area contributed by atoms with E-state index in [1.165, 1.54) is 21.1 Å². The van der Waals surface area contributed by atoms with Crippen LogP contribution in [0.5, 0.6) is 0 Å². The maximum atomic E-state index is 13.2. The lowest BCUT2D eigenvalue weighted by molar-refractivity contribution is -0.159. The molecule has 130 valence electrons. The van der Waals surface area contributed by atoms with Gasteiger partial charge in [-0.25, -0.2) is 4.39 Å². The van der Waals surface area contributed by atoms with Crippen molar-refractivity contribution in [3.63, 3.8) is 0 Å². The lowest BCUT2D eigenvalue weighted by atomic mass is 10.1. The zero-order valence-corrected chi connectivity index (χ0v) is 14.2. The predicted octanol–water partition coefficient (Wildman–Crippen LogP) is 1.27. The number of carbonyl (C=O) groups excluding carboxylic acids is 2. The molecule has 0 aromatic carbocycles. The number of hydrogen-bond donors (Lipinski definition) is 0. The minimum Gasteiger partial charge on any atom is -0.327 e. The molecule has 0 atom stereocenters. The number of amides is 2. The third kappa shape index (κ3) is 2.88. The van der Waals surface area contributed by atoms with Gasteiger partial charge < -0.3 is 9.80 Å². The van der Waals surface area contributed by atoms with E-state index >= 15 is 0 Å². The summed E-state index contributed by atoms with van der Waals surface area (Å²) in [5.74, 6) is -1.21.